The van der Waals surface area contributed by atoms with Gasteiger partial charge in [0, 0.05) is 10.5 Å². The maximum Gasteiger partial charge on any atom is 0.417 e. The normalized spacial score (nSPS) is 14.0. The van der Waals surface area contributed by atoms with E-state index in [9.17, 15) is 18.0 Å². The lowest BCUT2D eigenvalue weighted by Gasteiger charge is -2.28. The van der Waals surface area contributed by atoms with Gasteiger partial charge in [-0.15, -0.1) is 0 Å². The predicted molar refractivity (Wildman–Crippen MR) is 75.5 cm³/mol. The van der Waals surface area contributed by atoms with Gasteiger partial charge in [-0.3, -0.25) is 4.79 Å². The van der Waals surface area contributed by atoms with Gasteiger partial charge in [0.15, 0.2) is 0 Å². The lowest BCUT2D eigenvalue weighted by Crippen LogP contribution is -2.42. The van der Waals surface area contributed by atoms with Crippen molar-refractivity contribution in [1.82, 2.24) is 5.32 Å². The van der Waals surface area contributed by atoms with Crippen molar-refractivity contribution in [2.24, 2.45) is 5.41 Å². The minimum absolute atomic E-state index is 0.233. The molecule has 0 saturated heterocycles. The molecule has 6 heteroatoms. The van der Waals surface area contributed by atoms with E-state index in [1.54, 1.807) is 6.92 Å². The van der Waals surface area contributed by atoms with Crippen molar-refractivity contribution in [2.45, 2.75) is 39.9 Å². The SMILES string of the molecule is CC(NC(=O)c1ccc(Br)cc1C(F)(F)F)C(C)(C)C. The third-order valence-electron chi connectivity index (χ3n) is 3.18. The molecule has 0 aliphatic carbocycles. The van der Waals surface area contributed by atoms with E-state index in [0.717, 1.165) is 6.07 Å². The topological polar surface area (TPSA) is 29.1 Å². The van der Waals surface area contributed by atoms with Crippen LogP contribution in [-0.4, -0.2) is 11.9 Å². The van der Waals surface area contributed by atoms with Gasteiger partial charge >= 0.3 is 6.18 Å². The van der Waals surface area contributed by atoms with Crippen molar-refractivity contribution in [3.63, 3.8) is 0 Å². The smallest absolute Gasteiger partial charge is 0.349 e. The molecule has 0 aliphatic rings. The summed E-state index contributed by atoms with van der Waals surface area (Å²) < 4.78 is 39.2. The van der Waals surface area contributed by atoms with Gasteiger partial charge in [-0.2, -0.15) is 13.2 Å². The second kappa shape index (κ2) is 5.76. The molecule has 0 aliphatic heterocycles. The van der Waals surface area contributed by atoms with Crippen LogP contribution in [0.5, 0.6) is 0 Å². The van der Waals surface area contributed by atoms with E-state index in [0.29, 0.717) is 0 Å². The first-order chi connectivity index (χ1) is 8.93. The lowest BCUT2D eigenvalue weighted by atomic mass is 9.88. The standard InChI is InChI=1S/C14H17BrF3NO/c1-8(13(2,3)4)19-12(20)10-6-5-9(15)7-11(10)14(16,17)18/h5-8H,1-4H3,(H,19,20). The van der Waals surface area contributed by atoms with Gasteiger partial charge in [0.25, 0.3) is 5.91 Å². The van der Waals surface area contributed by atoms with Gasteiger partial charge in [0.2, 0.25) is 0 Å². The summed E-state index contributed by atoms with van der Waals surface area (Å²) in [6.45, 7) is 7.49. The molecule has 0 bridgehead atoms. The quantitative estimate of drug-likeness (QED) is 0.826. The number of alkyl halides is 3. The van der Waals surface area contributed by atoms with Gasteiger partial charge in [-0.25, -0.2) is 0 Å². The molecular weight excluding hydrogens is 335 g/mol. The largest absolute Gasteiger partial charge is 0.417 e. The van der Waals surface area contributed by atoms with Crippen LogP contribution in [0.25, 0.3) is 0 Å². The molecule has 1 aromatic carbocycles. The number of carbonyl (C=O) groups is 1. The van der Waals surface area contributed by atoms with Crippen LogP contribution in [0.4, 0.5) is 13.2 Å². The molecule has 1 amide bonds. The number of rotatable bonds is 2. The van der Waals surface area contributed by atoms with Crippen LogP contribution in [0.15, 0.2) is 22.7 Å². The molecule has 20 heavy (non-hydrogen) atoms. The molecule has 2 nitrogen and oxygen atoms in total. The summed E-state index contributed by atoms with van der Waals surface area (Å²) in [5.74, 6) is -0.716. The summed E-state index contributed by atoms with van der Waals surface area (Å²) in [5, 5.41) is 2.61. The number of carbonyl (C=O) groups excluding carboxylic acids is 1. The molecule has 0 fully saturated rings. The Morgan fingerprint density at radius 3 is 2.25 bits per heavy atom. The predicted octanol–water partition coefficient (Wildman–Crippen LogP) is 4.63. The molecule has 0 spiro atoms. The van der Waals surface area contributed by atoms with Crippen molar-refractivity contribution in [3.05, 3.63) is 33.8 Å². The molecule has 1 N–H and O–H groups in total. The second-order valence-electron chi connectivity index (χ2n) is 5.75. The number of amides is 1. The van der Waals surface area contributed by atoms with Crippen LogP contribution in [0.3, 0.4) is 0 Å². The van der Waals surface area contributed by atoms with Crippen LogP contribution in [0.2, 0.25) is 0 Å². The zero-order valence-electron chi connectivity index (χ0n) is 11.7. The maximum atomic E-state index is 13.0. The highest BCUT2D eigenvalue weighted by atomic mass is 79.9. The van der Waals surface area contributed by atoms with E-state index < -0.39 is 17.6 Å². The summed E-state index contributed by atoms with van der Waals surface area (Å²) in [6, 6.07) is 3.26. The highest BCUT2D eigenvalue weighted by Gasteiger charge is 2.36. The van der Waals surface area contributed by atoms with Gasteiger partial charge in [-0.1, -0.05) is 36.7 Å². The van der Waals surface area contributed by atoms with E-state index in [2.05, 4.69) is 21.2 Å². The Balaban J connectivity index is 3.11. The number of benzene rings is 1. The number of halogens is 4. The fourth-order valence-corrected chi connectivity index (χ4v) is 1.80. The molecule has 0 heterocycles. The Morgan fingerprint density at radius 2 is 1.80 bits per heavy atom. The van der Waals surface area contributed by atoms with Crippen molar-refractivity contribution in [3.8, 4) is 0 Å². The molecule has 1 unspecified atom stereocenters. The molecule has 0 radical (unpaired) electrons. The van der Waals surface area contributed by atoms with Crippen molar-refractivity contribution >= 4 is 21.8 Å². The highest BCUT2D eigenvalue weighted by molar-refractivity contribution is 9.10. The van der Waals surface area contributed by atoms with Crippen LogP contribution in [-0.2, 0) is 6.18 Å². The van der Waals surface area contributed by atoms with Crippen molar-refractivity contribution in [2.75, 3.05) is 0 Å². The molecule has 1 aromatic rings. The Kier molecular flexibility index (Phi) is 4.90. The Bertz CT molecular complexity index is 506. The summed E-state index contributed by atoms with van der Waals surface area (Å²) >= 11 is 2.99. The molecular formula is C14H17BrF3NO. The van der Waals surface area contributed by atoms with E-state index in [1.807, 2.05) is 20.8 Å². The summed E-state index contributed by atoms with van der Waals surface area (Å²) in [7, 11) is 0. The maximum absolute atomic E-state index is 13.0. The second-order valence-corrected chi connectivity index (χ2v) is 6.66. The van der Waals surface area contributed by atoms with Gasteiger partial charge in [0.1, 0.15) is 0 Å². The van der Waals surface area contributed by atoms with Crippen molar-refractivity contribution < 1.29 is 18.0 Å². The zero-order chi connectivity index (χ0) is 15.7. The Morgan fingerprint density at radius 1 is 1.25 bits per heavy atom. The molecule has 1 atom stereocenters. The van der Waals surface area contributed by atoms with Gasteiger partial charge in [0.05, 0.1) is 11.1 Å². The Hall–Kier alpha value is -1.04. The number of hydrogen-bond acceptors (Lipinski definition) is 1. The van der Waals surface area contributed by atoms with E-state index in [1.165, 1.54) is 12.1 Å². The molecule has 0 saturated carbocycles. The average Bonchev–Trinajstić information content (AvgIpc) is 2.26. The van der Waals surface area contributed by atoms with Crippen LogP contribution in [0, 0.1) is 5.41 Å². The average molecular weight is 352 g/mol. The monoisotopic (exact) mass is 351 g/mol. The van der Waals surface area contributed by atoms with Gasteiger partial charge in [-0.05, 0) is 30.5 Å². The summed E-state index contributed by atoms with van der Waals surface area (Å²) in [6.07, 6.45) is -4.57. The number of nitrogens with one attached hydrogen (secondary N) is 1. The van der Waals surface area contributed by atoms with Crippen molar-refractivity contribution in [1.29, 1.82) is 0 Å². The first kappa shape index (κ1) is 17.0. The van der Waals surface area contributed by atoms with Crippen LogP contribution < -0.4 is 5.32 Å². The van der Waals surface area contributed by atoms with Gasteiger partial charge < -0.3 is 5.32 Å². The van der Waals surface area contributed by atoms with E-state index in [4.69, 9.17) is 0 Å². The third kappa shape index (κ3) is 4.23. The minimum atomic E-state index is -4.57. The third-order valence-corrected chi connectivity index (χ3v) is 3.67. The van der Waals surface area contributed by atoms with Crippen LogP contribution >= 0.6 is 15.9 Å². The first-order valence-electron chi connectivity index (χ1n) is 6.10. The fourth-order valence-electron chi connectivity index (χ4n) is 1.44. The summed E-state index contributed by atoms with van der Waals surface area (Å²) in [5.41, 5.74) is -1.54. The number of hydrogen-bond donors (Lipinski definition) is 1. The molecule has 112 valence electrons. The van der Waals surface area contributed by atoms with E-state index >= 15 is 0 Å². The van der Waals surface area contributed by atoms with E-state index in [-0.39, 0.29) is 21.5 Å². The first-order valence-corrected chi connectivity index (χ1v) is 6.90. The van der Waals surface area contributed by atoms with Crippen LogP contribution in [0.1, 0.15) is 43.6 Å². The Labute approximate surface area is 124 Å². The summed E-state index contributed by atoms with van der Waals surface area (Å²) in [4.78, 5) is 12.1. The molecule has 0 aromatic heterocycles. The zero-order valence-corrected chi connectivity index (χ0v) is 13.3. The molecule has 1 rings (SSSR count). The highest BCUT2D eigenvalue weighted by Crippen LogP contribution is 2.34. The lowest BCUT2D eigenvalue weighted by molar-refractivity contribution is -0.138. The fraction of sp³-hybridized carbons (Fsp3) is 0.500. The minimum Gasteiger partial charge on any atom is -0.349 e.